The molecule has 0 saturated carbocycles. The van der Waals surface area contributed by atoms with Crippen molar-refractivity contribution in [3.05, 3.63) is 27.8 Å². The maximum atomic E-state index is 10.6. The summed E-state index contributed by atoms with van der Waals surface area (Å²) in [5.41, 5.74) is 3.08. The Kier molecular flexibility index (Phi) is 6.54. The van der Waals surface area contributed by atoms with Gasteiger partial charge in [0.25, 0.3) is 0 Å². The van der Waals surface area contributed by atoms with E-state index in [4.69, 9.17) is 19.2 Å². The van der Waals surface area contributed by atoms with Crippen LogP contribution >= 0.6 is 11.3 Å². The maximum absolute atomic E-state index is 10.6. The fourth-order valence-electron chi connectivity index (χ4n) is 3.43. The zero-order chi connectivity index (χ0) is 21.2. The van der Waals surface area contributed by atoms with Gasteiger partial charge in [-0.15, -0.1) is 11.3 Å². The van der Waals surface area contributed by atoms with E-state index >= 15 is 0 Å². The lowest BCUT2D eigenvalue weighted by molar-refractivity contribution is -0.192. The second-order valence-electron chi connectivity index (χ2n) is 7.02. The van der Waals surface area contributed by atoms with Gasteiger partial charge in [0.05, 0.1) is 17.3 Å². The van der Waals surface area contributed by atoms with E-state index in [1.54, 1.807) is 11.3 Å². The molecule has 2 aliphatic rings. The topological polar surface area (TPSA) is 102 Å². The zero-order valence-electron chi connectivity index (χ0n) is 15.8. The number of piperidine rings is 1. The summed E-state index contributed by atoms with van der Waals surface area (Å²) in [5, 5.41) is 11.1. The normalized spacial score (nSPS) is 24.7. The Hall–Kier alpha value is -2.05. The van der Waals surface area contributed by atoms with Crippen molar-refractivity contribution in [1.82, 2.24) is 20.0 Å². The minimum Gasteiger partial charge on any atom is -0.475 e. The smallest absolute Gasteiger partial charge is 0.475 e. The summed E-state index contributed by atoms with van der Waals surface area (Å²) in [5.74, 6) is -0.831. The van der Waals surface area contributed by atoms with Gasteiger partial charge in [0.15, 0.2) is 0 Å². The summed E-state index contributed by atoms with van der Waals surface area (Å²) < 4.78 is 43.0. The third-order valence-electron chi connectivity index (χ3n) is 4.92. The highest BCUT2D eigenvalue weighted by Gasteiger charge is 2.41. The van der Waals surface area contributed by atoms with Crippen LogP contribution < -0.4 is 0 Å². The number of thiazole rings is 1. The molecule has 160 valence electrons. The predicted molar refractivity (Wildman–Crippen MR) is 95.2 cm³/mol. The lowest BCUT2D eigenvalue weighted by Gasteiger charge is -2.33. The molecule has 12 heteroatoms. The minimum atomic E-state index is -5.08. The first-order chi connectivity index (χ1) is 13.6. The fraction of sp³-hybridized carbons (Fsp3) is 0.647. The number of likely N-dealkylation sites (tertiary alicyclic amines) is 1. The molecular weight excluding hydrogens is 413 g/mol. The first-order valence-corrected chi connectivity index (χ1v) is 9.88. The molecule has 0 spiro atoms. The van der Waals surface area contributed by atoms with E-state index in [1.165, 1.54) is 11.3 Å². The number of fused-ring (bicyclic) bond motifs is 1. The van der Waals surface area contributed by atoms with Crippen molar-refractivity contribution >= 4 is 17.3 Å². The predicted octanol–water partition coefficient (Wildman–Crippen LogP) is 3.13. The van der Waals surface area contributed by atoms with Crippen molar-refractivity contribution in [1.29, 1.82) is 0 Å². The summed E-state index contributed by atoms with van der Waals surface area (Å²) in [7, 11) is 0. The molecule has 2 aliphatic heterocycles. The lowest BCUT2D eigenvalue weighted by Crippen LogP contribution is -2.41. The van der Waals surface area contributed by atoms with Crippen LogP contribution in [0.3, 0.4) is 0 Å². The number of alkyl halides is 3. The standard InChI is InChI=1S/C15H20N4O2S.C2HF3O2/c1-9-14(22-8-16-9)7-19-4-3-11-5-12(20-13(11)6-19)15-17-10(2)21-18-15;3-2(4,5)1(6)7/h8,11-13H,3-7H2,1-2H3;(H,6,7)/t11-,12+,13+;/m0./s1. The van der Waals surface area contributed by atoms with Crippen LogP contribution in [0.15, 0.2) is 10.0 Å². The van der Waals surface area contributed by atoms with E-state index in [0.29, 0.717) is 17.6 Å². The van der Waals surface area contributed by atoms with E-state index in [1.807, 2.05) is 12.4 Å². The van der Waals surface area contributed by atoms with Crippen LogP contribution in [0.4, 0.5) is 13.2 Å². The number of carboxylic acids is 1. The number of ether oxygens (including phenoxy) is 1. The van der Waals surface area contributed by atoms with Gasteiger partial charge in [-0.25, -0.2) is 9.78 Å². The van der Waals surface area contributed by atoms with E-state index in [0.717, 1.165) is 31.7 Å². The van der Waals surface area contributed by atoms with Crippen LogP contribution in [-0.2, 0) is 16.1 Å². The average Bonchev–Trinajstić information content (AvgIpc) is 3.35. The Morgan fingerprint density at radius 1 is 1.41 bits per heavy atom. The number of rotatable bonds is 3. The number of aromatic nitrogens is 3. The summed E-state index contributed by atoms with van der Waals surface area (Å²) in [4.78, 5) is 21.4. The number of aryl methyl sites for hydroxylation is 2. The SMILES string of the molecule is Cc1nc([C@H]2C[C@@H]3CCN(Cc4scnc4C)C[C@H]3O2)no1.O=C(O)C(F)(F)F. The highest BCUT2D eigenvalue weighted by Crippen LogP contribution is 2.40. The van der Waals surface area contributed by atoms with Crippen LogP contribution in [-0.4, -0.2) is 56.5 Å². The minimum absolute atomic E-state index is 0.00228. The molecule has 29 heavy (non-hydrogen) atoms. The van der Waals surface area contributed by atoms with E-state index in [-0.39, 0.29) is 12.2 Å². The number of halogens is 3. The van der Waals surface area contributed by atoms with Gasteiger partial charge in [0.1, 0.15) is 6.10 Å². The van der Waals surface area contributed by atoms with Gasteiger partial charge in [0.2, 0.25) is 11.7 Å². The Bertz CT molecular complexity index is 841. The second-order valence-corrected chi connectivity index (χ2v) is 7.96. The highest BCUT2D eigenvalue weighted by molar-refractivity contribution is 7.09. The highest BCUT2D eigenvalue weighted by atomic mass is 32.1. The molecule has 1 N–H and O–H groups in total. The molecule has 4 heterocycles. The Morgan fingerprint density at radius 2 is 2.14 bits per heavy atom. The maximum Gasteiger partial charge on any atom is 0.490 e. The molecule has 0 radical (unpaired) electrons. The van der Waals surface area contributed by atoms with Gasteiger partial charge in [-0.3, -0.25) is 4.90 Å². The van der Waals surface area contributed by atoms with Gasteiger partial charge in [-0.1, -0.05) is 5.16 Å². The van der Waals surface area contributed by atoms with Crippen LogP contribution in [0, 0.1) is 19.8 Å². The third kappa shape index (κ3) is 5.52. The van der Waals surface area contributed by atoms with Gasteiger partial charge in [-0.2, -0.15) is 18.2 Å². The molecular formula is C17H21F3N4O4S. The molecule has 8 nitrogen and oxygen atoms in total. The molecule has 2 aromatic heterocycles. The van der Waals surface area contributed by atoms with Crippen LogP contribution in [0.25, 0.3) is 0 Å². The third-order valence-corrected chi connectivity index (χ3v) is 5.84. The Balaban J connectivity index is 0.000000298. The van der Waals surface area contributed by atoms with Gasteiger partial charge in [0, 0.05) is 24.9 Å². The molecule has 4 rings (SSSR count). The fourth-order valence-corrected chi connectivity index (χ4v) is 4.25. The first-order valence-electron chi connectivity index (χ1n) is 9.00. The average molecular weight is 434 g/mol. The van der Waals surface area contributed by atoms with Crippen molar-refractivity contribution < 1.29 is 32.3 Å². The lowest BCUT2D eigenvalue weighted by atomic mass is 9.91. The second kappa shape index (κ2) is 8.76. The molecule has 0 bridgehead atoms. The molecule has 0 aliphatic carbocycles. The molecule has 2 aromatic rings. The quantitative estimate of drug-likeness (QED) is 0.786. The van der Waals surface area contributed by atoms with Crippen LogP contribution in [0.5, 0.6) is 0 Å². The van der Waals surface area contributed by atoms with Gasteiger partial charge < -0.3 is 14.4 Å². The monoisotopic (exact) mass is 434 g/mol. The summed E-state index contributed by atoms with van der Waals surface area (Å²) in [6.07, 6.45) is -2.62. The van der Waals surface area contributed by atoms with Crippen molar-refractivity contribution in [2.75, 3.05) is 13.1 Å². The molecule has 0 unspecified atom stereocenters. The summed E-state index contributed by atoms with van der Waals surface area (Å²) in [6.45, 7) is 6.99. The molecule has 3 atom stereocenters. The van der Waals surface area contributed by atoms with Gasteiger partial charge >= 0.3 is 12.1 Å². The summed E-state index contributed by atoms with van der Waals surface area (Å²) in [6, 6.07) is 0. The van der Waals surface area contributed by atoms with E-state index in [2.05, 4.69) is 26.9 Å². The van der Waals surface area contributed by atoms with E-state index in [9.17, 15) is 13.2 Å². The number of carboxylic acid groups (broad SMARTS) is 1. The first kappa shape index (κ1) is 21.7. The Labute approximate surface area is 168 Å². The number of nitrogens with zero attached hydrogens (tertiary/aromatic N) is 4. The molecule has 0 amide bonds. The van der Waals surface area contributed by atoms with Crippen molar-refractivity contribution in [3.63, 3.8) is 0 Å². The van der Waals surface area contributed by atoms with Crippen LogP contribution in [0.1, 0.15) is 41.2 Å². The molecule has 2 saturated heterocycles. The van der Waals surface area contributed by atoms with Gasteiger partial charge in [-0.05, 0) is 32.2 Å². The molecule has 2 fully saturated rings. The van der Waals surface area contributed by atoms with Crippen molar-refractivity contribution in [2.45, 2.75) is 51.6 Å². The number of carbonyl (C=O) groups is 1. The number of aliphatic carboxylic acids is 1. The van der Waals surface area contributed by atoms with Crippen molar-refractivity contribution in [2.24, 2.45) is 5.92 Å². The molecule has 0 aromatic carbocycles. The van der Waals surface area contributed by atoms with E-state index < -0.39 is 12.1 Å². The zero-order valence-corrected chi connectivity index (χ0v) is 16.7. The number of hydrogen-bond acceptors (Lipinski definition) is 8. The Morgan fingerprint density at radius 3 is 2.69 bits per heavy atom. The van der Waals surface area contributed by atoms with Crippen molar-refractivity contribution in [3.8, 4) is 0 Å². The largest absolute Gasteiger partial charge is 0.490 e. The number of hydrogen-bond donors (Lipinski definition) is 1. The van der Waals surface area contributed by atoms with Crippen LogP contribution in [0.2, 0.25) is 0 Å². The summed E-state index contributed by atoms with van der Waals surface area (Å²) >= 11 is 1.74.